The van der Waals surface area contributed by atoms with Crippen LogP contribution < -0.4 is 11.3 Å². The van der Waals surface area contributed by atoms with E-state index >= 15 is 0 Å². The van der Waals surface area contributed by atoms with Crippen molar-refractivity contribution in [2.45, 2.75) is 18.8 Å². The maximum Gasteiger partial charge on any atom is 0.173 e. The van der Waals surface area contributed by atoms with E-state index in [1.165, 1.54) is 0 Å². The van der Waals surface area contributed by atoms with E-state index in [0.717, 1.165) is 5.76 Å². The van der Waals surface area contributed by atoms with Crippen molar-refractivity contribution in [2.24, 2.45) is 5.84 Å². The van der Waals surface area contributed by atoms with Gasteiger partial charge in [0.15, 0.2) is 6.29 Å². The van der Waals surface area contributed by atoms with Crippen LogP contribution in [0.1, 0.15) is 5.76 Å². The summed E-state index contributed by atoms with van der Waals surface area (Å²) in [7, 11) is 3.14. The Balaban J connectivity index is 2.53. The zero-order valence-corrected chi connectivity index (χ0v) is 8.40. The highest BCUT2D eigenvalue weighted by atomic mass is 16.7. The maximum atomic E-state index is 5.39. The lowest BCUT2D eigenvalue weighted by molar-refractivity contribution is -0.123. The summed E-state index contributed by atoms with van der Waals surface area (Å²) in [5, 5.41) is 0. The molecule has 0 fully saturated rings. The number of methoxy groups -OCH3 is 2. The number of ether oxygens (including phenoxy) is 2. The van der Waals surface area contributed by atoms with Crippen LogP contribution in [0.25, 0.3) is 0 Å². The van der Waals surface area contributed by atoms with Gasteiger partial charge in [-0.15, -0.1) is 0 Å². The summed E-state index contributed by atoms with van der Waals surface area (Å²) in [5.74, 6) is 6.23. The summed E-state index contributed by atoms with van der Waals surface area (Å²) < 4.78 is 15.4. The number of hydrazine groups is 1. The second kappa shape index (κ2) is 5.77. The Morgan fingerprint density at radius 1 is 1.50 bits per heavy atom. The standard InChI is InChI=1S/C9H16N2O3/c1-12-9(13-2)8(11-10)6-7-4-3-5-14-7/h3-5,8-9,11H,6,10H2,1-2H3. The van der Waals surface area contributed by atoms with Crippen molar-refractivity contribution in [3.8, 4) is 0 Å². The van der Waals surface area contributed by atoms with Crippen LogP contribution in [-0.4, -0.2) is 26.6 Å². The van der Waals surface area contributed by atoms with Crippen LogP contribution in [0.3, 0.4) is 0 Å². The van der Waals surface area contributed by atoms with Crippen LogP contribution in [0.4, 0.5) is 0 Å². The molecule has 5 nitrogen and oxygen atoms in total. The Morgan fingerprint density at radius 3 is 2.64 bits per heavy atom. The van der Waals surface area contributed by atoms with Crippen molar-refractivity contribution in [1.29, 1.82) is 0 Å². The topological polar surface area (TPSA) is 69.7 Å². The summed E-state index contributed by atoms with van der Waals surface area (Å²) >= 11 is 0. The molecule has 0 radical (unpaired) electrons. The Kier molecular flexibility index (Phi) is 4.61. The van der Waals surface area contributed by atoms with Gasteiger partial charge in [0.2, 0.25) is 0 Å². The van der Waals surface area contributed by atoms with Gasteiger partial charge in [-0.1, -0.05) is 0 Å². The molecule has 0 aliphatic carbocycles. The Labute approximate surface area is 83.1 Å². The van der Waals surface area contributed by atoms with Crippen molar-refractivity contribution < 1.29 is 13.9 Å². The second-order valence-electron chi connectivity index (χ2n) is 2.90. The van der Waals surface area contributed by atoms with Crippen molar-refractivity contribution in [1.82, 2.24) is 5.43 Å². The Hall–Kier alpha value is -0.880. The fourth-order valence-electron chi connectivity index (χ4n) is 1.30. The van der Waals surface area contributed by atoms with Gasteiger partial charge >= 0.3 is 0 Å². The number of hydrogen-bond acceptors (Lipinski definition) is 5. The highest BCUT2D eigenvalue weighted by Crippen LogP contribution is 2.08. The minimum absolute atomic E-state index is 0.129. The van der Waals surface area contributed by atoms with Crippen LogP contribution >= 0.6 is 0 Å². The summed E-state index contributed by atoms with van der Waals surface area (Å²) in [6.07, 6.45) is 1.86. The molecule has 1 aromatic heterocycles. The molecule has 14 heavy (non-hydrogen) atoms. The van der Waals surface area contributed by atoms with E-state index in [2.05, 4.69) is 5.43 Å². The lowest BCUT2D eigenvalue weighted by Crippen LogP contribution is -2.47. The van der Waals surface area contributed by atoms with E-state index in [-0.39, 0.29) is 12.3 Å². The van der Waals surface area contributed by atoms with Gasteiger partial charge in [-0.3, -0.25) is 11.3 Å². The van der Waals surface area contributed by atoms with Gasteiger partial charge < -0.3 is 13.9 Å². The third-order valence-electron chi connectivity index (χ3n) is 2.01. The molecule has 5 heteroatoms. The van der Waals surface area contributed by atoms with Crippen molar-refractivity contribution >= 4 is 0 Å². The van der Waals surface area contributed by atoms with E-state index in [1.54, 1.807) is 20.5 Å². The normalized spacial score (nSPS) is 13.4. The maximum absolute atomic E-state index is 5.39. The molecule has 1 aromatic rings. The summed E-state index contributed by atoms with van der Waals surface area (Å²) in [6.45, 7) is 0. The van der Waals surface area contributed by atoms with Crippen molar-refractivity contribution in [3.05, 3.63) is 24.2 Å². The van der Waals surface area contributed by atoms with E-state index in [1.807, 2.05) is 12.1 Å². The predicted molar refractivity (Wildman–Crippen MR) is 51.3 cm³/mol. The molecule has 0 spiro atoms. The smallest absolute Gasteiger partial charge is 0.173 e. The first kappa shape index (κ1) is 11.2. The summed E-state index contributed by atoms with van der Waals surface area (Å²) in [6, 6.07) is 3.58. The molecule has 0 aliphatic heterocycles. The molecule has 0 bridgehead atoms. The van der Waals surface area contributed by atoms with Gasteiger partial charge in [0, 0.05) is 20.6 Å². The molecule has 1 heterocycles. The molecule has 3 N–H and O–H groups in total. The second-order valence-corrected chi connectivity index (χ2v) is 2.90. The molecule has 1 atom stereocenters. The number of furan rings is 1. The number of nitrogens with two attached hydrogens (primary N) is 1. The minimum Gasteiger partial charge on any atom is -0.469 e. The van der Waals surface area contributed by atoms with Crippen LogP contribution in [0.2, 0.25) is 0 Å². The predicted octanol–water partition coefficient (Wildman–Crippen LogP) is 0.273. The molecular weight excluding hydrogens is 184 g/mol. The summed E-state index contributed by atoms with van der Waals surface area (Å²) in [4.78, 5) is 0. The SMILES string of the molecule is COC(OC)C(Cc1ccco1)NN. The van der Waals surface area contributed by atoms with Crippen LogP contribution in [-0.2, 0) is 15.9 Å². The molecule has 0 amide bonds. The van der Waals surface area contributed by atoms with Gasteiger partial charge in [0.25, 0.3) is 0 Å². The lowest BCUT2D eigenvalue weighted by atomic mass is 10.1. The summed E-state index contributed by atoms with van der Waals surface area (Å²) in [5.41, 5.74) is 2.63. The third-order valence-corrected chi connectivity index (χ3v) is 2.01. The molecular formula is C9H16N2O3. The van der Waals surface area contributed by atoms with E-state index < -0.39 is 0 Å². The van der Waals surface area contributed by atoms with E-state index in [9.17, 15) is 0 Å². The first-order valence-corrected chi connectivity index (χ1v) is 4.36. The average Bonchev–Trinajstić information content (AvgIpc) is 2.70. The fourth-order valence-corrected chi connectivity index (χ4v) is 1.30. The molecule has 0 saturated carbocycles. The molecule has 0 saturated heterocycles. The largest absolute Gasteiger partial charge is 0.469 e. The van der Waals surface area contributed by atoms with Gasteiger partial charge in [-0.2, -0.15) is 0 Å². The molecule has 80 valence electrons. The fraction of sp³-hybridized carbons (Fsp3) is 0.556. The molecule has 1 unspecified atom stereocenters. The Morgan fingerprint density at radius 2 is 2.21 bits per heavy atom. The van der Waals surface area contributed by atoms with Gasteiger partial charge in [0.1, 0.15) is 5.76 Å². The number of hydrogen-bond donors (Lipinski definition) is 2. The number of nitrogens with one attached hydrogen (secondary N) is 1. The van der Waals surface area contributed by atoms with Crippen LogP contribution in [0.15, 0.2) is 22.8 Å². The number of rotatable bonds is 6. The van der Waals surface area contributed by atoms with Gasteiger partial charge in [-0.05, 0) is 12.1 Å². The monoisotopic (exact) mass is 200 g/mol. The van der Waals surface area contributed by atoms with E-state index in [0.29, 0.717) is 6.42 Å². The van der Waals surface area contributed by atoms with Gasteiger partial charge in [-0.25, -0.2) is 0 Å². The quantitative estimate of drug-likeness (QED) is 0.392. The van der Waals surface area contributed by atoms with Crippen LogP contribution in [0, 0.1) is 0 Å². The lowest BCUT2D eigenvalue weighted by Gasteiger charge is -2.22. The van der Waals surface area contributed by atoms with Crippen LogP contribution in [0.5, 0.6) is 0 Å². The van der Waals surface area contributed by atoms with Crippen molar-refractivity contribution in [3.63, 3.8) is 0 Å². The minimum atomic E-state index is -0.384. The molecule has 0 aromatic carbocycles. The Bertz CT molecular complexity index is 234. The molecule has 1 rings (SSSR count). The van der Waals surface area contributed by atoms with Gasteiger partial charge in [0.05, 0.1) is 12.3 Å². The third kappa shape index (κ3) is 2.81. The van der Waals surface area contributed by atoms with E-state index in [4.69, 9.17) is 19.7 Å². The van der Waals surface area contributed by atoms with Crippen molar-refractivity contribution in [2.75, 3.05) is 14.2 Å². The zero-order chi connectivity index (χ0) is 10.4. The average molecular weight is 200 g/mol. The highest BCUT2D eigenvalue weighted by Gasteiger charge is 2.20. The zero-order valence-electron chi connectivity index (χ0n) is 8.40. The highest BCUT2D eigenvalue weighted by molar-refractivity contribution is 5.00. The first-order valence-electron chi connectivity index (χ1n) is 4.36. The molecule has 0 aliphatic rings. The first-order chi connectivity index (χ1) is 6.81.